The number of amides is 1. The third kappa shape index (κ3) is 3.31. The van der Waals surface area contributed by atoms with Crippen LogP contribution in [-0.4, -0.2) is 21.1 Å². The SMILES string of the molecule is NNC(=O)Cc1ccccc1CSc1ncn[nH]1. The van der Waals surface area contributed by atoms with Crippen molar-refractivity contribution < 1.29 is 4.79 Å². The van der Waals surface area contributed by atoms with Crippen molar-refractivity contribution >= 4 is 17.7 Å². The average molecular weight is 263 g/mol. The van der Waals surface area contributed by atoms with E-state index in [-0.39, 0.29) is 12.3 Å². The zero-order chi connectivity index (χ0) is 12.8. The molecule has 0 aliphatic carbocycles. The molecule has 7 heteroatoms. The molecule has 18 heavy (non-hydrogen) atoms. The highest BCUT2D eigenvalue weighted by atomic mass is 32.2. The summed E-state index contributed by atoms with van der Waals surface area (Å²) in [5.41, 5.74) is 4.19. The molecule has 0 atom stereocenters. The molecule has 1 aromatic carbocycles. The van der Waals surface area contributed by atoms with Crippen molar-refractivity contribution in [2.75, 3.05) is 0 Å². The van der Waals surface area contributed by atoms with Crippen LogP contribution in [0.1, 0.15) is 11.1 Å². The van der Waals surface area contributed by atoms with Gasteiger partial charge in [0.2, 0.25) is 5.91 Å². The van der Waals surface area contributed by atoms with Crippen molar-refractivity contribution in [2.45, 2.75) is 17.3 Å². The molecule has 4 N–H and O–H groups in total. The summed E-state index contributed by atoms with van der Waals surface area (Å²) >= 11 is 1.54. The summed E-state index contributed by atoms with van der Waals surface area (Å²) in [4.78, 5) is 15.3. The van der Waals surface area contributed by atoms with Crippen LogP contribution in [0.25, 0.3) is 0 Å². The summed E-state index contributed by atoms with van der Waals surface area (Å²) in [5, 5.41) is 7.32. The number of aromatic amines is 1. The highest BCUT2D eigenvalue weighted by molar-refractivity contribution is 7.98. The van der Waals surface area contributed by atoms with Gasteiger partial charge in [-0.15, -0.1) is 0 Å². The zero-order valence-electron chi connectivity index (χ0n) is 9.59. The van der Waals surface area contributed by atoms with Crippen LogP contribution in [0.3, 0.4) is 0 Å². The van der Waals surface area contributed by atoms with E-state index in [0.29, 0.717) is 0 Å². The predicted octanol–water partition coefficient (Wildman–Crippen LogP) is 0.629. The van der Waals surface area contributed by atoms with Crippen molar-refractivity contribution in [1.29, 1.82) is 0 Å². The van der Waals surface area contributed by atoms with Crippen LogP contribution in [0, 0.1) is 0 Å². The van der Waals surface area contributed by atoms with Gasteiger partial charge < -0.3 is 0 Å². The molecule has 0 aliphatic heterocycles. The minimum Gasteiger partial charge on any atom is -0.294 e. The van der Waals surface area contributed by atoms with Crippen LogP contribution in [0.15, 0.2) is 35.7 Å². The van der Waals surface area contributed by atoms with Crippen molar-refractivity contribution in [2.24, 2.45) is 5.84 Å². The van der Waals surface area contributed by atoms with Crippen LogP contribution in [0.4, 0.5) is 0 Å². The summed E-state index contributed by atoms with van der Waals surface area (Å²) in [6, 6.07) is 7.76. The summed E-state index contributed by atoms with van der Waals surface area (Å²) in [6.45, 7) is 0. The number of carbonyl (C=O) groups excluding carboxylic acids is 1. The van der Waals surface area contributed by atoms with Crippen molar-refractivity contribution in [3.63, 3.8) is 0 Å². The van der Waals surface area contributed by atoms with E-state index in [0.717, 1.165) is 22.0 Å². The van der Waals surface area contributed by atoms with E-state index in [1.807, 2.05) is 24.3 Å². The first-order valence-electron chi connectivity index (χ1n) is 5.34. The Morgan fingerprint density at radius 2 is 2.17 bits per heavy atom. The molecule has 0 fully saturated rings. The van der Waals surface area contributed by atoms with Crippen LogP contribution in [0.5, 0.6) is 0 Å². The van der Waals surface area contributed by atoms with Gasteiger partial charge in [-0.25, -0.2) is 10.8 Å². The van der Waals surface area contributed by atoms with Crippen molar-refractivity contribution in [3.05, 3.63) is 41.7 Å². The van der Waals surface area contributed by atoms with Crippen LogP contribution < -0.4 is 11.3 Å². The Balaban J connectivity index is 2.05. The Hall–Kier alpha value is -1.86. The van der Waals surface area contributed by atoms with Gasteiger partial charge in [0.25, 0.3) is 0 Å². The molecule has 2 rings (SSSR count). The van der Waals surface area contributed by atoms with E-state index in [2.05, 4.69) is 20.6 Å². The number of nitrogens with one attached hydrogen (secondary N) is 2. The first-order chi connectivity index (χ1) is 8.79. The molecule has 0 bridgehead atoms. The van der Waals surface area contributed by atoms with E-state index in [1.54, 1.807) is 0 Å². The highest BCUT2D eigenvalue weighted by Crippen LogP contribution is 2.21. The van der Waals surface area contributed by atoms with E-state index >= 15 is 0 Å². The van der Waals surface area contributed by atoms with Gasteiger partial charge in [0.05, 0.1) is 6.42 Å². The van der Waals surface area contributed by atoms with Gasteiger partial charge in [0.15, 0.2) is 5.16 Å². The number of benzene rings is 1. The number of aromatic nitrogens is 3. The summed E-state index contributed by atoms with van der Waals surface area (Å²) < 4.78 is 0. The minimum absolute atomic E-state index is 0.202. The maximum atomic E-state index is 11.3. The number of thioether (sulfide) groups is 1. The fourth-order valence-corrected chi connectivity index (χ4v) is 2.32. The maximum absolute atomic E-state index is 11.3. The van der Waals surface area contributed by atoms with E-state index in [4.69, 9.17) is 5.84 Å². The predicted molar refractivity (Wildman–Crippen MR) is 68.4 cm³/mol. The molecular formula is C11H13N5OS. The molecular weight excluding hydrogens is 250 g/mol. The Morgan fingerprint density at radius 1 is 1.39 bits per heavy atom. The molecule has 0 aliphatic rings. The number of carbonyl (C=O) groups is 1. The van der Waals surface area contributed by atoms with Crippen molar-refractivity contribution in [1.82, 2.24) is 20.6 Å². The number of hydrogen-bond acceptors (Lipinski definition) is 5. The van der Waals surface area contributed by atoms with Gasteiger partial charge in [-0.2, -0.15) is 5.10 Å². The first kappa shape index (κ1) is 12.6. The molecule has 1 heterocycles. The van der Waals surface area contributed by atoms with Crippen molar-refractivity contribution in [3.8, 4) is 0 Å². The lowest BCUT2D eigenvalue weighted by atomic mass is 10.1. The Bertz CT molecular complexity index is 514. The number of H-pyrrole nitrogens is 1. The molecule has 0 spiro atoms. The molecule has 94 valence electrons. The van der Waals surface area contributed by atoms with Crippen LogP contribution >= 0.6 is 11.8 Å². The third-order valence-corrected chi connectivity index (χ3v) is 3.31. The lowest BCUT2D eigenvalue weighted by Crippen LogP contribution is -2.31. The highest BCUT2D eigenvalue weighted by Gasteiger charge is 2.07. The number of nitrogens with zero attached hydrogens (tertiary/aromatic N) is 2. The molecule has 0 saturated heterocycles. The average Bonchev–Trinajstić information content (AvgIpc) is 2.91. The number of hydrazine groups is 1. The summed E-state index contributed by atoms with van der Waals surface area (Å²) in [6.07, 6.45) is 1.75. The lowest BCUT2D eigenvalue weighted by molar-refractivity contribution is -0.120. The van der Waals surface area contributed by atoms with Crippen LogP contribution in [0.2, 0.25) is 0 Å². The third-order valence-electron chi connectivity index (χ3n) is 2.39. The van der Waals surface area contributed by atoms with Gasteiger partial charge >= 0.3 is 0 Å². The molecule has 0 saturated carbocycles. The zero-order valence-corrected chi connectivity index (χ0v) is 10.4. The smallest absolute Gasteiger partial charge is 0.238 e. The van der Waals surface area contributed by atoms with Gasteiger partial charge in [-0.3, -0.25) is 15.3 Å². The topological polar surface area (TPSA) is 96.7 Å². The van der Waals surface area contributed by atoms with Gasteiger partial charge in [0.1, 0.15) is 6.33 Å². The van der Waals surface area contributed by atoms with Crippen LogP contribution in [-0.2, 0) is 17.0 Å². The number of rotatable bonds is 5. The van der Waals surface area contributed by atoms with E-state index < -0.39 is 0 Å². The van der Waals surface area contributed by atoms with Gasteiger partial charge in [-0.1, -0.05) is 36.0 Å². The molecule has 1 amide bonds. The van der Waals surface area contributed by atoms with Gasteiger partial charge in [-0.05, 0) is 11.1 Å². The minimum atomic E-state index is -0.202. The maximum Gasteiger partial charge on any atom is 0.238 e. The van der Waals surface area contributed by atoms with E-state index in [9.17, 15) is 4.79 Å². The monoisotopic (exact) mass is 263 g/mol. The van der Waals surface area contributed by atoms with E-state index in [1.165, 1.54) is 18.1 Å². The summed E-state index contributed by atoms with van der Waals surface area (Å²) in [5.74, 6) is 5.62. The lowest BCUT2D eigenvalue weighted by Gasteiger charge is -2.07. The Kier molecular flexibility index (Phi) is 4.32. The molecule has 6 nitrogen and oxygen atoms in total. The first-order valence-corrected chi connectivity index (χ1v) is 6.32. The Morgan fingerprint density at radius 3 is 2.83 bits per heavy atom. The second kappa shape index (κ2) is 6.18. The fourth-order valence-electron chi connectivity index (χ4n) is 1.50. The molecule has 1 aromatic heterocycles. The largest absolute Gasteiger partial charge is 0.294 e. The molecule has 0 unspecified atom stereocenters. The molecule has 0 radical (unpaired) electrons. The second-order valence-electron chi connectivity index (χ2n) is 3.59. The number of nitrogens with two attached hydrogens (primary N) is 1. The Labute approximate surface area is 108 Å². The fraction of sp³-hybridized carbons (Fsp3) is 0.182. The normalized spacial score (nSPS) is 10.3. The molecule has 2 aromatic rings. The standard InChI is InChI=1S/C11H13N5OS/c12-15-10(17)5-8-3-1-2-4-9(8)6-18-11-13-7-14-16-11/h1-4,7H,5-6,12H2,(H,15,17)(H,13,14,16). The second-order valence-corrected chi connectivity index (χ2v) is 4.56. The number of hydrogen-bond donors (Lipinski definition) is 3. The summed E-state index contributed by atoms with van der Waals surface area (Å²) in [7, 11) is 0. The van der Waals surface area contributed by atoms with Gasteiger partial charge in [0, 0.05) is 5.75 Å². The quantitative estimate of drug-likeness (QED) is 0.318.